The first-order chi connectivity index (χ1) is 11.8. The van der Waals surface area contributed by atoms with Crippen LogP contribution >= 0.6 is 0 Å². The number of rotatable bonds is 5. The van der Waals surface area contributed by atoms with E-state index in [9.17, 15) is 23.5 Å². The molecule has 5 nitrogen and oxygen atoms in total. The highest BCUT2D eigenvalue weighted by molar-refractivity contribution is 5.94. The Bertz CT molecular complexity index is 808. The first-order valence-electron chi connectivity index (χ1n) is 7.49. The number of hydrogen-bond acceptors (Lipinski definition) is 4. The molecule has 0 aromatic heterocycles. The van der Waals surface area contributed by atoms with E-state index in [-0.39, 0.29) is 16.9 Å². The van der Waals surface area contributed by atoms with Crippen molar-refractivity contribution >= 4 is 11.9 Å². The predicted octanol–water partition coefficient (Wildman–Crippen LogP) is 3.01. The van der Waals surface area contributed by atoms with Crippen molar-refractivity contribution in [1.29, 1.82) is 0 Å². The van der Waals surface area contributed by atoms with Crippen molar-refractivity contribution in [3.63, 3.8) is 0 Å². The molecule has 2 N–H and O–H groups in total. The number of nitrogens with one attached hydrogen (secondary N) is 1. The van der Waals surface area contributed by atoms with Gasteiger partial charge in [-0.05, 0) is 31.5 Å². The summed E-state index contributed by atoms with van der Waals surface area (Å²) in [4.78, 5) is 23.8. The third-order valence-electron chi connectivity index (χ3n) is 3.60. The van der Waals surface area contributed by atoms with Gasteiger partial charge in [-0.3, -0.25) is 4.79 Å². The summed E-state index contributed by atoms with van der Waals surface area (Å²) < 4.78 is 31.4. The van der Waals surface area contributed by atoms with Crippen molar-refractivity contribution in [2.45, 2.75) is 19.9 Å². The lowest BCUT2D eigenvalue weighted by Gasteiger charge is -2.15. The number of esters is 1. The normalized spacial score (nSPS) is 11.7. The Morgan fingerprint density at radius 3 is 2.64 bits per heavy atom. The van der Waals surface area contributed by atoms with Crippen LogP contribution in [0.2, 0.25) is 0 Å². The fourth-order valence-corrected chi connectivity index (χ4v) is 2.25. The Kier molecular flexibility index (Phi) is 5.69. The lowest BCUT2D eigenvalue weighted by Crippen LogP contribution is -2.31. The third-order valence-corrected chi connectivity index (χ3v) is 3.60. The second-order valence-electron chi connectivity index (χ2n) is 5.50. The predicted molar refractivity (Wildman–Crippen MR) is 86.0 cm³/mol. The van der Waals surface area contributed by atoms with E-state index in [4.69, 9.17) is 4.74 Å². The summed E-state index contributed by atoms with van der Waals surface area (Å²) in [6.07, 6.45) is 0. The van der Waals surface area contributed by atoms with Gasteiger partial charge in [-0.25, -0.2) is 13.6 Å². The minimum atomic E-state index is -0.850. The van der Waals surface area contributed by atoms with E-state index in [1.807, 2.05) is 0 Å². The number of carbonyl (C=O) groups is 2. The van der Waals surface area contributed by atoms with Gasteiger partial charge in [-0.2, -0.15) is 0 Å². The summed E-state index contributed by atoms with van der Waals surface area (Å²) in [5, 5.41) is 12.3. The van der Waals surface area contributed by atoms with E-state index in [1.54, 1.807) is 19.1 Å². The summed E-state index contributed by atoms with van der Waals surface area (Å²) in [6.45, 7) is 2.54. The van der Waals surface area contributed by atoms with E-state index >= 15 is 0 Å². The molecule has 0 fully saturated rings. The van der Waals surface area contributed by atoms with Crippen molar-refractivity contribution in [2.75, 3.05) is 6.61 Å². The number of amides is 1. The molecule has 1 amide bonds. The second kappa shape index (κ2) is 7.74. The van der Waals surface area contributed by atoms with Crippen LogP contribution in [-0.2, 0) is 9.53 Å². The fraction of sp³-hybridized carbons (Fsp3) is 0.222. The van der Waals surface area contributed by atoms with E-state index < -0.39 is 36.2 Å². The van der Waals surface area contributed by atoms with E-state index in [1.165, 1.54) is 19.1 Å². The topological polar surface area (TPSA) is 75.6 Å². The molecule has 1 atom stereocenters. The van der Waals surface area contributed by atoms with Crippen molar-refractivity contribution in [3.05, 3.63) is 64.7 Å². The largest absolute Gasteiger partial charge is 0.507 e. The van der Waals surface area contributed by atoms with Crippen molar-refractivity contribution in [3.8, 4) is 5.75 Å². The van der Waals surface area contributed by atoms with Crippen molar-refractivity contribution < 1.29 is 28.2 Å². The van der Waals surface area contributed by atoms with Crippen LogP contribution in [0, 0.1) is 18.6 Å². The van der Waals surface area contributed by atoms with Gasteiger partial charge in [0.25, 0.3) is 5.91 Å². The molecule has 0 saturated heterocycles. The number of phenols is 1. The second-order valence-corrected chi connectivity index (χ2v) is 5.50. The molecule has 0 radical (unpaired) electrons. The van der Waals surface area contributed by atoms with Crippen molar-refractivity contribution in [2.24, 2.45) is 0 Å². The van der Waals surface area contributed by atoms with Crippen LogP contribution in [0.25, 0.3) is 0 Å². The first-order valence-corrected chi connectivity index (χ1v) is 7.49. The van der Waals surface area contributed by atoms with Crippen LogP contribution < -0.4 is 5.32 Å². The quantitative estimate of drug-likeness (QED) is 0.814. The van der Waals surface area contributed by atoms with Gasteiger partial charge in [0, 0.05) is 11.6 Å². The molecule has 2 aromatic carbocycles. The van der Waals surface area contributed by atoms with Crippen LogP contribution in [0.3, 0.4) is 0 Å². The zero-order valence-electron chi connectivity index (χ0n) is 13.7. The molecule has 0 heterocycles. The molecule has 2 aromatic rings. The number of hydrogen-bond donors (Lipinski definition) is 2. The minimum Gasteiger partial charge on any atom is -0.507 e. The van der Waals surface area contributed by atoms with Gasteiger partial charge < -0.3 is 15.2 Å². The van der Waals surface area contributed by atoms with Gasteiger partial charge >= 0.3 is 5.97 Å². The van der Waals surface area contributed by atoms with Crippen molar-refractivity contribution in [1.82, 2.24) is 5.32 Å². The number of ether oxygens (including phenoxy) is 1. The van der Waals surface area contributed by atoms with Crippen LogP contribution in [-0.4, -0.2) is 23.6 Å². The number of benzene rings is 2. The van der Waals surface area contributed by atoms with Gasteiger partial charge in [0.05, 0.1) is 6.04 Å². The van der Waals surface area contributed by atoms with Gasteiger partial charge in [-0.1, -0.05) is 18.2 Å². The molecule has 0 aliphatic rings. The summed E-state index contributed by atoms with van der Waals surface area (Å²) in [5.41, 5.74) is 0.558. The van der Waals surface area contributed by atoms with Gasteiger partial charge in [0.1, 0.15) is 22.9 Å². The maximum atomic E-state index is 13.7. The number of phenolic OH excluding ortho intramolecular Hbond substituents is 1. The number of carbonyl (C=O) groups excluding carboxylic acids is 2. The third kappa shape index (κ3) is 4.53. The SMILES string of the molecule is Cc1cccc(C(=O)OCC(=O)N[C@@H](C)c2ccc(F)cc2F)c1O. The highest BCUT2D eigenvalue weighted by Crippen LogP contribution is 2.22. The Morgan fingerprint density at radius 2 is 1.96 bits per heavy atom. The minimum absolute atomic E-state index is 0.0505. The van der Waals surface area contributed by atoms with Crippen LogP contribution in [0.5, 0.6) is 5.75 Å². The molecule has 0 aliphatic heterocycles. The average molecular weight is 349 g/mol. The van der Waals surface area contributed by atoms with Crippen LogP contribution in [0.4, 0.5) is 8.78 Å². The maximum Gasteiger partial charge on any atom is 0.342 e. The zero-order valence-corrected chi connectivity index (χ0v) is 13.7. The zero-order chi connectivity index (χ0) is 18.6. The van der Waals surface area contributed by atoms with E-state index in [0.29, 0.717) is 5.56 Å². The number of aromatic hydroxyl groups is 1. The number of aryl methyl sites for hydroxylation is 1. The monoisotopic (exact) mass is 349 g/mol. The van der Waals surface area contributed by atoms with Crippen LogP contribution in [0.1, 0.15) is 34.5 Å². The lowest BCUT2D eigenvalue weighted by molar-refractivity contribution is -0.124. The lowest BCUT2D eigenvalue weighted by atomic mass is 10.1. The molecule has 7 heteroatoms. The maximum absolute atomic E-state index is 13.7. The molecule has 132 valence electrons. The van der Waals surface area contributed by atoms with Crippen LogP contribution in [0.15, 0.2) is 36.4 Å². The number of para-hydroxylation sites is 1. The highest BCUT2D eigenvalue weighted by Gasteiger charge is 2.18. The van der Waals surface area contributed by atoms with E-state index in [0.717, 1.165) is 12.1 Å². The summed E-state index contributed by atoms with van der Waals surface area (Å²) >= 11 is 0. The molecular weight excluding hydrogens is 332 g/mol. The van der Waals surface area contributed by atoms with Gasteiger partial charge in [0.2, 0.25) is 0 Å². The molecule has 0 saturated carbocycles. The molecule has 0 bridgehead atoms. The standard InChI is InChI=1S/C18H17F2NO4/c1-10-4-3-5-14(17(10)23)18(24)25-9-16(22)21-11(2)13-7-6-12(19)8-15(13)20/h3-8,11,23H,9H2,1-2H3,(H,21,22)/t11-/m0/s1. The summed E-state index contributed by atoms with van der Waals surface area (Å²) in [6, 6.07) is 6.87. The molecule has 2 rings (SSSR count). The molecule has 0 unspecified atom stereocenters. The Balaban J connectivity index is 1.94. The molecule has 0 aliphatic carbocycles. The number of halogens is 2. The smallest absolute Gasteiger partial charge is 0.342 e. The van der Waals surface area contributed by atoms with E-state index in [2.05, 4.69) is 5.32 Å². The summed E-state index contributed by atoms with van der Waals surface area (Å²) in [5.74, 6) is -3.22. The Hall–Kier alpha value is -2.96. The average Bonchev–Trinajstić information content (AvgIpc) is 2.55. The molecule has 25 heavy (non-hydrogen) atoms. The fourth-order valence-electron chi connectivity index (χ4n) is 2.25. The first kappa shape index (κ1) is 18.4. The van der Waals surface area contributed by atoms with Gasteiger partial charge in [-0.15, -0.1) is 0 Å². The van der Waals surface area contributed by atoms with Gasteiger partial charge in [0.15, 0.2) is 6.61 Å². The Morgan fingerprint density at radius 1 is 1.24 bits per heavy atom. The highest BCUT2D eigenvalue weighted by atomic mass is 19.1. The molecular formula is C18H17F2NO4. The summed E-state index contributed by atoms with van der Waals surface area (Å²) in [7, 11) is 0. The molecule has 0 spiro atoms. The Labute approximate surface area is 143 Å².